The Balaban J connectivity index is 1.77. The van der Waals surface area contributed by atoms with E-state index in [4.69, 9.17) is 4.74 Å². The van der Waals surface area contributed by atoms with Crippen LogP contribution in [0.3, 0.4) is 0 Å². The van der Waals surface area contributed by atoms with Gasteiger partial charge in [-0.15, -0.1) is 0 Å². The van der Waals surface area contributed by atoms with E-state index in [0.717, 1.165) is 24.7 Å². The van der Waals surface area contributed by atoms with Crippen LogP contribution in [0.15, 0.2) is 12.2 Å². The van der Waals surface area contributed by atoms with Crippen LogP contribution in [0.1, 0.15) is 72.6 Å². The van der Waals surface area contributed by atoms with Gasteiger partial charge in [0.05, 0.1) is 11.7 Å². The van der Waals surface area contributed by atoms with E-state index >= 15 is 0 Å². The highest BCUT2D eigenvalue weighted by atomic mass is 16.5. The third kappa shape index (κ3) is 2.97. The van der Waals surface area contributed by atoms with Crippen molar-refractivity contribution in [1.82, 2.24) is 0 Å². The van der Waals surface area contributed by atoms with Crippen LogP contribution in [0.2, 0.25) is 0 Å². The summed E-state index contributed by atoms with van der Waals surface area (Å²) in [5.74, 6) is 1.21. The fourth-order valence-corrected chi connectivity index (χ4v) is 6.34. The monoisotopic (exact) mass is 320 g/mol. The molecule has 0 aromatic heterocycles. The second kappa shape index (κ2) is 5.34. The van der Waals surface area contributed by atoms with Crippen molar-refractivity contribution in [3.05, 3.63) is 12.2 Å². The summed E-state index contributed by atoms with van der Waals surface area (Å²) in [6.07, 6.45) is 8.12. The van der Waals surface area contributed by atoms with Crippen molar-refractivity contribution < 1.29 is 14.6 Å². The Morgan fingerprint density at radius 1 is 1.30 bits per heavy atom. The Morgan fingerprint density at radius 3 is 2.35 bits per heavy atom. The van der Waals surface area contributed by atoms with Crippen LogP contribution in [0.25, 0.3) is 0 Å². The minimum absolute atomic E-state index is 0.0646. The molecule has 4 fully saturated rings. The number of hydrogen-bond donors (Lipinski definition) is 1. The van der Waals surface area contributed by atoms with Gasteiger partial charge in [0.15, 0.2) is 0 Å². The molecule has 0 saturated heterocycles. The first-order valence-electron chi connectivity index (χ1n) is 9.13. The van der Waals surface area contributed by atoms with Gasteiger partial charge in [-0.25, -0.2) is 4.79 Å². The number of aliphatic hydroxyl groups is 1. The molecule has 0 aliphatic heterocycles. The second-order valence-electron chi connectivity index (χ2n) is 9.50. The van der Waals surface area contributed by atoms with Gasteiger partial charge < -0.3 is 9.84 Å². The van der Waals surface area contributed by atoms with Gasteiger partial charge in [-0.05, 0) is 95.3 Å². The quantitative estimate of drug-likeness (QED) is 0.609. The lowest BCUT2D eigenvalue weighted by Gasteiger charge is -2.65. The summed E-state index contributed by atoms with van der Waals surface area (Å²) in [5.41, 5.74) is 0.164. The lowest BCUT2D eigenvalue weighted by molar-refractivity contribution is -0.200. The molecular formula is C20H32O3. The fourth-order valence-electron chi connectivity index (χ4n) is 6.34. The van der Waals surface area contributed by atoms with Crippen LogP contribution in [-0.2, 0) is 9.53 Å². The smallest absolute Gasteiger partial charge is 0.333 e. The second-order valence-corrected chi connectivity index (χ2v) is 9.50. The lowest BCUT2D eigenvalue weighted by atomic mass is 9.40. The van der Waals surface area contributed by atoms with E-state index in [9.17, 15) is 9.90 Å². The van der Waals surface area contributed by atoms with E-state index < -0.39 is 5.60 Å². The molecule has 130 valence electrons. The molecule has 0 amide bonds. The Kier molecular flexibility index (Phi) is 3.95. The summed E-state index contributed by atoms with van der Waals surface area (Å²) in [5, 5.41) is 10.9. The minimum atomic E-state index is -0.617. The normalized spacial score (nSPS) is 40.0. The molecule has 0 spiro atoms. The van der Waals surface area contributed by atoms with Gasteiger partial charge in [-0.2, -0.15) is 0 Å². The molecule has 1 N–H and O–H groups in total. The predicted molar refractivity (Wildman–Crippen MR) is 90.8 cm³/mol. The molecule has 4 saturated carbocycles. The maximum atomic E-state index is 11.8. The highest BCUT2D eigenvalue weighted by molar-refractivity contribution is 5.87. The first-order chi connectivity index (χ1) is 10.5. The van der Waals surface area contributed by atoms with Gasteiger partial charge >= 0.3 is 5.97 Å². The standard InChI is InChI=1S/C20H32O3/c1-13(2)17(21)23-14(3)7-19-8-15-6-16(9-19)11-20(10-15,12-19)18(4,5)22/h14-16,22H,1,6-12H2,2-5H3. The van der Waals surface area contributed by atoms with E-state index in [1.54, 1.807) is 6.92 Å². The van der Waals surface area contributed by atoms with Gasteiger partial charge in [0.1, 0.15) is 0 Å². The van der Waals surface area contributed by atoms with E-state index in [0.29, 0.717) is 5.57 Å². The summed E-state index contributed by atoms with van der Waals surface area (Å²) in [7, 11) is 0. The Labute approximate surface area is 140 Å². The van der Waals surface area contributed by atoms with Crippen molar-refractivity contribution in [1.29, 1.82) is 0 Å². The summed E-state index contributed by atoms with van der Waals surface area (Å²) < 4.78 is 5.57. The van der Waals surface area contributed by atoms with E-state index in [-0.39, 0.29) is 22.9 Å². The summed E-state index contributed by atoms with van der Waals surface area (Å²) >= 11 is 0. The molecule has 3 unspecified atom stereocenters. The topological polar surface area (TPSA) is 46.5 Å². The number of hydrogen-bond acceptors (Lipinski definition) is 3. The summed E-state index contributed by atoms with van der Waals surface area (Å²) in [4.78, 5) is 11.8. The predicted octanol–water partition coefficient (Wildman–Crippen LogP) is 4.24. The van der Waals surface area contributed by atoms with Crippen LogP contribution < -0.4 is 0 Å². The maximum Gasteiger partial charge on any atom is 0.333 e. The molecule has 0 heterocycles. The van der Waals surface area contributed by atoms with Crippen molar-refractivity contribution in [2.75, 3.05) is 0 Å². The van der Waals surface area contributed by atoms with E-state index in [2.05, 4.69) is 6.58 Å². The molecule has 3 nitrogen and oxygen atoms in total. The van der Waals surface area contributed by atoms with Gasteiger partial charge in [0, 0.05) is 5.57 Å². The Hall–Kier alpha value is -0.830. The van der Waals surface area contributed by atoms with Crippen molar-refractivity contribution in [3.63, 3.8) is 0 Å². The zero-order valence-corrected chi connectivity index (χ0v) is 15.2. The third-order valence-electron chi connectivity index (χ3n) is 6.86. The number of rotatable bonds is 5. The number of carbonyl (C=O) groups is 1. The summed E-state index contributed by atoms with van der Waals surface area (Å²) in [6.45, 7) is 11.4. The molecular weight excluding hydrogens is 288 g/mol. The van der Waals surface area contributed by atoms with Crippen LogP contribution in [0.5, 0.6) is 0 Å². The molecule has 3 heteroatoms. The molecule has 4 aliphatic carbocycles. The molecule has 4 rings (SSSR count). The average Bonchev–Trinajstić information content (AvgIpc) is 2.34. The SMILES string of the molecule is C=C(C)C(=O)OC(C)CC12CC3CC(C1)CC(C(C)(C)O)(C3)C2. The minimum Gasteiger partial charge on any atom is -0.459 e. The van der Waals surface area contributed by atoms with E-state index in [1.165, 1.54) is 32.1 Å². The van der Waals surface area contributed by atoms with Gasteiger partial charge in [-0.1, -0.05) is 6.58 Å². The van der Waals surface area contributed by atoms with Crippen LogP contribution in [0, 0.1) is 22.7 Å². The molecule has 0 aromatic rings. The van der Waals surface area contributed by atoms with Gasteiger partial charge in [0.2, 0.25) is 0 Å². The third-order valence-corrected chi connectivity index (χ3v) is 6.86. The Morgan fingerprint density at radius 2 is 1.87 bits per heavy atom. The Bertz CT molecular complexity index is 499. The molecule has 0 radical (unpaired) electrons. The lowest BCUT2D eigenvalue weighted by Crippen LogP contribution is -2.60. The largest absolute Gasteiger partial charge is 0.459 e. The van der Waals surface area contributed by atoms with Crippen molar-refractivity contribution in [2.45, 2.75) is 84.3 Å². The van der Waals surface area contributed by atoms with Crippen molar-refractivity contribution >= 4 is 5.97 Å². The average molecular weight is 320 g/mol. The number of ether oxygens (including phenoxy) is 1. The van der Waals surface area contributed by atoms with Crippen LogP contribution >= 0.6 is 0 Å². The first-order valence-corrected chi connectivity index (χ1v) is 9.13. The fraction of sp³-hybridized carbons (Fsp3) is 0.850. The van der Waals surface area contributed by atoms with E-state index in [1.807, 2.05) is 20.8 Å². The molecule has 0 aromatic carbocycles. The summed E-state index contributed by atoms with van der Waals surface area (Å²) in [6, 6.07) is 0. The first kappa shape index (κ1) is 17.0. The zero-order chi connectivity index (χ0) is 17.0. The highest BCUT2D eigenvalue weighted by Crippen LogP contribution is 2.69. The molecule has 3 atom stereocenters. The highest BCUT2D eigenvalue weighted by Gasteiger charge is 2.62. The van der Waals surface area contributed by atoms with Crippen LogP contribution in [-0.4, -0.2) is 22.8 Å². The zero-order valence-electron chi connectivity index (χ0n) is 15.2. The van der Waals surface area contributed by atoms with Gasteiger partial charge in [-0.3, -0.25) is 0 Å². The van der Waals surface area contributed by atoms with Crippen LogP contribution in [0.4, 0.5) is 0 Å². The molecule has 4 bridgehead atoms. The van der Waals surface area contributed by atoms with Crippen molar-refractivity contribution in [3.8, 4) is 0 Å². The van der Waals surface area contributed by atoms with Crippen molar-refractivity contribution in [2.24, 2.45) is 22.7 Å². The van der Waals surface area contributed by atoms with Gasteiger partial charge in [0.25, 0.3) is 0 Å². The maximum absolute atomic E-state index is 11.8. The number of carbonyl (C=O) groups excluding carboxylic acids is 1. The molecule has 4 aliphatic rings. The molecule has 23 heavy (non-hydrogen) atoms. The number of esters is 1.